The van der Waals surface area contributed by atoms with E-state index in [9.17, 15) is 4.79 Å². The number of rotatable bonds is 3. The van der Waals surface area contributed by atoms with E-state index >= 15 is 0 Å². The molecule has 0 radical (unpaired) electrons. The average Bonchev–Trinajstić information content (AvgIpc) is 2.51. The molecule has 21 heavy (non-hydrogen) atoms. The Morgan fingerprint density at radius 1 is 1.38 bits per heavy atom. The van der Waals surface area contributed by atoms with Crippen LogP contribution in [0.4, 0.5) is 5.69 Å². The Balaban J connectivity index is 1.88. The van der Waals surface area contributed by atoms with Gasteiger partial charge in [0.15, 0.2) is 6.61 Å². The van der Waals surface area contributed by atoms with Gasteiger partial charge in [-0.05, 0) is 34.7 Å². The van der Waals surface area contributed by atoms with Crippen LogP contribution in [0.15, 0.2) is 16.6 Å². The van der Waals surface area contributed by atoms with Crippen LogP contribution in [0.1, 0.15) is 12.8 Å². The van der Waals surface area contributed by atoms with Crippen molar-refractivity contribution < 1.29 is 19.0 Å². The molecule has 0 aromatic heterocycles. The van der Waals surface area contributed by atoms with E-state index < -0.39 is 0 Å². The smallest absolute Gasteiger partial charge is 0.265 e. The number of methoxy groups -OCH3 is 1. The van der Waals surface area contributed by atoms with E-state index in [0.29, 0.717) is 24.0 Å². The minimum absolute atomic E-state index is 0.00151. The highest BCUT2D eigenvalue weighted by Crippen LogP contribution is 2.40. The molecule has 2 aliphatic rings. The van der Waals surface area contributed by atoms with E-state index in [1.165, 1.54) is 0 Å². The third-order valence-electron chi connectivity index (χ3n) is 3.96. The zero-order chi connectivity index (χ0) is 14.8. The molecular formula is C15H18BrNO4. The van der Waals surface area contributed by atoms with Crippen molar-refractivity contribution in [1.82, 2.24) is 0 Å². The molecule has 2 aliphatic heterocycles. The molecule has 0 unspecified atom stereocenters. The van der Waals surface area contributed by atoms with E-state index in [2.05, 4.69) is 15.9 Å². The van der Waals surface area contributed by atoms with Gasteiger partial charge in [0.2, 0.25) is 0 Å². The Kier molecular flexibility index (Phi) is 4.35. The Morgan fingerprint density at radius 2 is 2.14 bits per heavy atom. The third-order valence-corrected chi connectivity index (χ3v) is 4.58. The van der Waals surface area contributed by atoms with Gasteiger partial charge in [0.05, 0.1) is 17.3 Å². The molecule has 1 saturated heterocycles. The predicted molar refractivity (Wildman–Crippen MR) is 82.1 cm³/mol. The Bertz CT molecular complexity index is 543. The fourth-order valence-corrected chi connectivity index (χ4v) is 3.23. The van der Waals surface area contributed by atoms with Crippen LogP contribution in [0.25, 0.3) is 0 Å². The van der Waals surface area contributed by atoms with Crippen LogP contribution in [0.2, 0.25) is 0 Å². The summed E-state index contributed by atoms with van der Waals surface area (Å²) in [6, 6.07) is 3.72. The topological polar surface area (TPSA) is 48.0 Å². The van der Waals surface area contributed by atoms with Gasteiger partial charge >= 0.3 is 0 Å². The maximum atomic E-state index is 12.2. The maximum absolute atomic E-state index is 12.2. The molecule has 1 aromatic carbocycles. The fourth-order valence-electron chi connectivity index (χ4n) is 2.75. The molecule has 6 heteroatoms. The monoisotopic (exact) mass is 355 g/mol. The van der Waals surface area contributed by atoms with E-state index in [1.54, 1.807) is 7.11 Å². The van der Waals surface area contributed by atoms with E-state index in [0.717, 1.165) is 36.2 Å². The molecule has 3 rings (SSSR count). The zero-order valence-corrected chi connectivity index (χ0v) is 13.5. The molecule has 114 valence electrons. The van der Waals surface area contributed by atoms with Gasteiger partial charge in [0, 0.05) is 31.9 Å². The average molecular weight is 356 g/mol. The fraction of sp³-hybridized carbons (Fsp3) is 0.533. The summed E-state index contributed by atoms with van der Waals surface area (Å²) in [7, 11) is 1.61. The van der Waals surface area contributed by atoms with Crippen molar-refractivity contribution in [2.45, 2.75) is 12.8 Å². The third kappa shape index (κ3) is 3.01. The summed E-state index contributed by atoms with van der Waals surface area (Å²) in [6.45, 7) is 2.36. The largest absolute Gasteiger partial charge is 0.495 e. The van der Waals surface area contributed by atoms with Crippen molar-refractivity contribution in [1.29, 1.82) is 0 Å². The summed E-state index contributed by atoms with van der Waals surface area (Å²) >= 11 is 3.44. The Labute approximate surface area is 132 Å². The molecule has 0 atom stereocenters. The normalized spacial score (nSPS) is 19.1. The van der Waals surface area contributed by atoms with Crippen molar-refractivity contribution >= 4 is 27.5 Å². The summed E-state index contributed by atoms with van der Waals surface area (Å²) in [5.74, 6) is 1.89. The number of ether oxygens (including phenoxy) is 3. The number of fused-ring (bicyclic) bond motifs is 1. The first kappa shape index (κ1) is 14.7. The van der Waals surface area contributed by atoms with Crippen molar-refractivity contribution in [3.63, 3.8) is 0 Å². The van der Waals surface area contributed by atoms with E-state index in [-0.39, 0.29) is 12.5 Å². The quantitative estimate of drug-likeness (QED) is 0.836. The molecule has 0 spiro atoms. The maximum Gasteiger partial charge on any atom is 0.265 e. The number of anilines is 1. The molecule has 1 fully saturated rings. The van der Waals surface area contributed by atoms with Gasteiger partial charge in [-0.3, -0.25) is 4.79 Å². The summed E-state index contributed by atoms with van der Waals surface area (Å²) in [4.78, 5) is 14.1. The van der Waals surface area contributed by atoms with Crippen molar-refractivity contribution in [3.05, 3.63) is 16.6 Å². The van der Waals surface area contributed by atoms with Gasteiger partial charge in [-0.2, -0.15) is 0 Å². The van der Waals surface area contributed by atoms with Gasteiger partial charge in [-0.15, -0.1) is 0 Å². The second-order valence-corrected chi connectivity index (χ2v) is 6.16. The zero-order valence-electron chi connectivity index (χ0n) is 11.9. The lowest BCUT2D eigenvalue weighted by molar-refractivity contribution is -0.121. The van der Waals surface area contributed by atoms with E-state index in [4.69, 9.17) is 14.2 Å². The number of nitrogens with zero attached hydrogens (tertiary/aromatic N) is 1. The second-order valence-electron chi connectivity index (χ2n) is 5.30. The SMILES string of the molecule is COc1cc2c(cc1Br)OCC(=O)N2CC1CCOCC1. The van der Waals surface area contributed by atoms with Crippen LogP contribution in [0.3, 0.4) is 0 Å². The van der Waals surface area contributed by atoms with Crippen LogP contribution in [-0.4, -0.2) is 39.4 Å². The highest BCUT2D eigenvalue weighted by atomic mass is 79.9. The number of hydrogen-bond acceptors (Lipinski definition) is 4. The second kappa shape index (κ2) is 6.23. The van der Waals surface area contributed by atoms with Crippen LogP contribution >= 0.6 is 15.9 Å². The van der Waals surface area contributed by atoms with Gasteiger partial charge in [0.1, 0.15) is 11.5 Å². The summed E-state index contributed by atoms with van der Waals surface area (Å²) < 4.78 is 17.1. The highest BCUT2D eigenvalue weighted by Gasteiger charge is 2.29. The molecule has 0 aliphatic carbocycles. The molecule has 2 heterocycles. The molecule has 0 N–H and O–H groups in total. The van der Waals surface area contributed by atoms with Crippen LogP contribution in [0, 0.1) is 5.92 Å². The lowest BCUT2D eigenvalue weighted by Crippen LogP contribution is -2.42. The van der Waals surface area contributed by atoms with Crippen LogP contribution in [-0.2, 0) is 9.53 Å². The van der Waals surface area contributed by atoms with Crippen molar-refractivity contribution in [2.75, 3.05) is 38.4 Å². The van der Waals surface area contributed by atoms with Crippen LogP contribution < -0.4 is 14.4 Å². The number of hydrogen-bond donors (Lipinski definition) is 0. The Hall–Kier alpha value is -1.27. The van der Waals surface area contributed by atoms with Crippen molar-refractivity contribution in [3.8, 4) is 11.5 Å². The molecule has 1 aromatic rings. The molecule has 0 saturated carbocycles. The first-order valence-electron chi connectivity index (χ1n) is 7.07. The van der Waals surface area contributed by atoms with Crippen molar-refractivity contribution in [2.24, 2.45) is 5.92 Å². The molecular weight excluding hydrogens is 338 g/mol. The Morgan fingerprint density at radius 3 is 2.86 bits per heavy atom. The first-order valence-corrected chi connectivity index (χ1v) is 7.87. The standard InChI is InChI=1S/C15H18BrNO4/c1-19-13-7-12-14(6-11(13)16)21-9-15(18)17(12)8-10-2-4-20-5-3-10/h6-7,10H,2-5,8-9H2,1H3. The molecule has 5 nitrogen and oxygen atoms in total. The molecule has 0 bridgehead atoms. The molecule has 1 amide bonds. The van der Waals surface area contributed by atoms with Gasteiger partial charge in [-0.25, -0.2) is 0 Å². The summed E-state index contributed by atoms with van der Waals surface area (Å²) in [5, 5.41) is 0. The van der Waals surface area contributed by atoms with Gasteiger partial charge < -0.3 is 19.1 Å². The van der Waals surface area contributed by atoms with Gasteiger partial charge in [0.25, 0.3) is 5.91 Å². The van der Waals surface area contributed by atoms with Gasteiger partial charge in [-0.1, -0.05) is 0 Å². The summed E-state index contributed by atoms with van der Waals surface area (Å²) in [5.41, 5.74) is 0.790. The predicted octanol–water partition coefficient (Wildman–Crippen LogP) is 2.61. The highest BCUT2D eigenvalue weighted by molar-refractivity contribution is 9.10. The summed E-state index contributed by atoms with van der Waals surface area (Å²) in [6.07, 6.45) is 1.99. The number of amides is 1. The number of carbonyl (C=O) groups excluding carboxylic acids is 1. The number of halogens is 1. The van der Waals surface area contributed by atoms with Crippen LogP contribution in [0.5, 0.6) is 11.5 Å². The lowest BCUT2D eigenvalue weighted by atomic mass is 9.99. The minimum atomic E-state index is -0.00151. The first-order chi connectivity index (χ1) is 10.2. The number of carbonyl (C=O) groups is 1. The lowest BCUT2D eigenvalue weighted by Gasteiger charge is -2.34. The number of benzene rings is 1. The van der Waals surface area contributed by atoms with E-state index in [1.807, 2.05) is 17.0 Å². The minimum Gasteiger partial charge on any atom is -0.495 e.